The van der Waals surface area contributed by atoms with E-state index in [4.69, 9.17) is 11.5 Å². The highest BCUT2D eigenvalue weighted by Gasteiger charge is 2.26. The average Bonchev–Trinajstić information content (AvgIpc) is 3.34. The maximum atomic E-state index is 6.37. The molecular formula is C63H94N2. The number of anilines is 2. The maximum Gasteiger partial charge on any atom is 0.0337 e. The first-order valence-electron chi connectivity index (χ1n) is 28.1. The van der Waals surface area contributed by atoms with E-state index in [1.165, 1.54) is 209 Å². The molecule has 0 aromatic heterocycles. The van der Waals surface area contributed by atoms with E-state index in [1.54, 1.807) is 11.1 Å². The molecule has 4 aliphatic carbocycles. The monoisotopic (exact) mass is 879 g/mol. The van der Waals surface area contributed by atoms with Crippen LogP contribution in [0.1, 0.15) is 239 Å². The molecule has 4 saturated carbocycles. The first kappa shape index (κ1) is 49.6. The molecule has 0 radical (unpaired) electrons. The Kier molecular flexibility index (Phi) is 20.6. The summed E-state index contributed by atoms with van der Waals surface area (Å²) in [5.74, 6) is 7.12. The van der Waals surface area contributed by atoms with Crippen LogP contribution in [-0.2, 0) is 12.8 Å². The summed E-state index contributed by atoms with van der Waals surface area (Å²) in [7, 11) is 0. The largest absolute Gasteiger partial charge is 0.399 e. The van der Waals surface area contributed by atoms with Crippen molar-refractivity contribution in [3.05, 3.63) is 119 Å². The van der Waals surface area contributed by atoms with E-state index in [2.05, 4.69) is 98.8 Å². The van der Waals surface area contributed by atoms with Gasteiger partial charge in [-0.15, -0.1) is 0 Å². The molecule has 7 rings (SSSR count). The van der Waals surface area contributed by atoms with Crippen LogP contribution in [0.4, 0.5) is 11.4 Å². The van der Waals surface area contributed by atoms with Crippen LogP contribution in [0, 0.1) is 35.5 Å². The third-order valence-electron chi connectivity index (χ3n) is 17.5. The molecule has 0 spiro atoms. The number of aryl methyl sites for hydroxylation is 2. The van der Waals surface area contributed by atoms with Crippen LogP contribution in [0.2, 0.25) is 0 Å². The lowest BCUT2D eigenvalue weighted by atomic mass is 9.76. The minimum atomic E-state index is 0.578. The number of rotatable bonds is 23. The summed E-state index contributed by atoms with van der Waals surface area (Å²) in [6, 6.07) is 25.8. The Bertz CT molecular complexity index is 1670. The van der Waals surface area contributed by atoms with E-state index < -0.39 is 0 Å². The molecule has 0 amide bonds. The van der Waals surface area contributed by atoms with Gasteiger partial charge < -0.3 is 11.5 Å². The van der Waals surface area contributed by atoms with Gasteiger partial charge in [0.1, 0.15) is 0 Å². The predicted octanol–water partition coefficient (Wildman–Crippen LogP) is 18.4. The minimum Gasteiger partial charge on any atom is -0.399 e. The van der Waals surface area contributed by atoms with Gasteiger partial charge in [0.2, 0.25) is 0 Å². The average molecular weight is 879 g/mol. The lowest BCUT2D eigenvalue weighted by molar-refractivity contribution is 0.278. The van der Waals surface area contributed by atoms with E-state index in [0.29, 0.717) is 5.92 Å². The highest BCUT2D eigenvalue weighted by atomic mass is 14.6. The van der Waals surface area contributed by atoms with Crippen LogP contribution in [0.25, 0.3) is 0 Å². The Morgan fingerprint density at radius 2 is 0.785 bits per heavy atom. The highest BCUT2D eigenvalue weighted by Crippen LogP contribution is 2.41. The van der Waals surface area contributed by atoms with Crippen molar-refractivity contribution in [2.45, 2.75) is 224 Å². The molecule has 65 heavy (non-hydrogen) atoms. The Labute approximate surface area is 399 Å². The van der Waals surface area contributed by atoms with Gasteiger partial charge in [-0.2, -0.15) is 0 Å². The molecule has 2 nitrogen and oxygen atoms in total. The summed E-state index contributed by atoms with van der Waals surface area (Å²) < 4.78 is 0. The van der Waals surface area contributed by atoms with Crippen LogP contribution in [-0.4, -0.2) is 0 Å². The standard InChI is InChI=1S/C63H94N2/c1-3-5-7-11-48-29-37-57(38-30-48)59-41-33-54(34-42-59)27-25-52-21-17-50(18-22-52)13-9-15-56(61-45-62(64)47-63(65)46-61)16-10-14-51-19-23-53(24-20-51)26-28-55-35-43-60(44-36-55)58-39-31-49(32-40-58)12-8-6-4-2/h25-32,37-40,45-47,50-56,59-60H,3-24,33-36,41-44,64-65H2,1-2H3/b27-25+,28-26+. The van der Waals surface area contributed by atoms with E-state index in [9.17, 15) is 0 Å². The topological polar surface area (TPSA) is 52.0 Å². The van der Waals surface area contributed by atoms with Crippen molar-refractivity contribution in [2.24, 2.45) is 35.5 Å². The molecule has 3 aromatic rings. The van der Waals surface area contributed by atoms with Crippen LogP contribution < -0.4 is 11.5 Å². The molecule has 356 valence electrons. The summed E-state index contributed by atoms with van der Waals surface area (Å²) in [4.78, 5) is 0. The molecule has 0 heterocycles. The molecule has 0 saturated heterocycles. The maximum absolute atomic E-state index is 6.37. The molecular weight excluding hydrogens is 785 g/mol. The van der Waals surface area contributed by atoms with Gasteiger partial charge >= 0.3 is 0 Å². The number of allylic oxidation sites excluding steroid dienone is 4. The number of unbranched alkanes of at least 4 members (excludes halogenated alkanes) is 4. The van der Waals surface area contributed by atoms with Crippen LogP contribution in [0.5, 0.6) is 0 Å². The van der Waals surface area contributed by atoms with Crippen LogP contribution >= 0.6 is 0 Å². The second-order valence-electron chi connectivity index (χ2n) is 22.4. The fourth-order valence-corrected chi connectivity index (χ4v) is 13.0. The summed E-state index contributed by atoms with van der Waals surface area (Å²) in [6.07, 6.45) is 51.2. The Morgan fingerprint density at radius 1 is 0.431 bits per heavy atom. The SMILES string of the molecule is CCCCCc1ccc(C2CCC(/C=C/C3CCC(CCCC(CCCC4CCC(/C=C/C5CCC(c6ccc(CCCCC)cc6)CC5)CC4)c4cc(N)cc(N)c4)CC3)CC2)cc1. The Hall–Kier alpha value is -3.26. The summed E-state index contributed by atoms with van der Waals surface area (Å²) in [6.45, 7) is 4.59. The van der Waals surface area contributed by atoms with Gasteiger partial charge in [-0.3, -0.25) is 0 Å². The van der Waals surface area contributed by atoms with E-state index >= 15 is 0 Å². The molecule has 4 fully saturated rings. The second-order valence-corrected chi connectivity index (χ2v) is 22.4. The van der Waals surface area contributed by atoms with Crippen molar-refractivity contribution >= 4 is 11.4 Å². The lowest BCUT2D eigenvalue weighted by Crippen LogP contribution is -2.15. The normalized spacial score (nSPS) is 27.0. The molecule has 0 bridgehead atoms. The van der Waals surface area contributed by atoms with Gasteiger partial charge in [-0.25, -0.2) is 0 Å². The summed E-state index contributed by atoms with van der Waals surface area (Å²) in [5.41, 5.74) is 22.0. The van der Waals surface area contributed by atoms with Crippen molar-refractivity contribution in [3.8, 4) is 0 Å². The van der Waals surface area contributed by atoms with Crippen molar-refractivity contribution in [1.29, 1.82) is 0 Å². The number of nitrogen functional groups attached to an aromatic ring is 2. The zero-order valence-corrected chi connectivity index (χ0v) is 41.7. The van der Waals surface area contributed by atoms with Crippen molar-refractivity contribution in [3.63, 3.8) is 0 Å². The van der Waals surface area contributed by atoms with Crippen LogP contribution in [0.15, 0.2) is 91.0 Å². The first-order valence-corrected chi connectivity index (χ1v) is 28.1. The van der Waals surface area contributed by atoms with Gasteiger partial charge in [0.25, 0.3) is 0 Å². The van der Waals surface area contributed by atoms with Crippen molar-refractivity contribution < 1.29 is 0 Å². The fourth-order valence-electron chi connectivity index (χ4n) is 13.0. The quantitative estimate of drug-likeness (QED) is 0.0566. The van der Waals surface area contributed by atoms with Gasteiger partial charge in [0.15, 0.2) is 0 Å². The van der Waals surface area contributed by atoms with Crippen LogP contribution in [0.3, 0.4) is 0 Å². The fraction of sp³-hybridized carbons (Fsp3) is 0.651. The zero-order valence-electron chi connectivity index (χ0n) is 41.7. The smallest absolute Gasteiger partial charge is 0.0337 e. The number of benzene rings is 3. The molecule has 0 aliphatic heterocycles. The van der Waals surface area contributed by atoms with Gasteiger partial charge in [0.05, 0.1) is 0 Å². The molecule has 0 atom stereocenters. The van der Waals surface area contributed by atoms with E-state index in [1.807, 2.05) is 6.07 Å². The number of nitrogens with two attached hydrogens (primary N) is 2. The molecule has 4 N–H and O–H groups in total. The van der Waals surface area contributed by atoms with Gasteiger partial charge in [0, 0.05) is 11.4 Å². The number of hydrogen-bond donors (Lipinski definition) is 2. The molecule has 0 unspecified atom stereocenters. The van der Waals surface area contributed by atoms with Gasteiger partial charge in [-0.1, -0.05) is 138 Å². The highest BCUT2D eigenvalue weighted by molar-refractivity contribution is 5.55. The van der Waals surface area contributed by atoms with Gasteiger partial charge in [-0.05, 0) is 241 Å². The van der Waals surface area contributed by atoms with Crippen molar-refractivity contribution in [2.75, 3.05) is 11.5 Å². The Morgan fingerprint density at radius 3 is 1.14 bits per heavy atom. The molecule has 3 aromatic carbocycles. The predicted molar refractivity (Wildman–Crippen MR) is 284 cm³/mol. The third-order valence-corrected chi connectivity index (χ3v) is 17.5. The molecule has 4 aliphatic rings. The molecule has 2 heteroatoms. The third kappa shape index (κ3) is 16.5. The summed E-state index contributed by atoms with van der Waals surface area (Å²) in [5, 5.41) is 0. The second kappa shape index (κ2) is 26.9. The lowest BCUT2D eigenvalue weighted by Gasteiger charge is -2.30. The van der Waals surface area contributed by atoms with E-state index in [-0.39, 0.29) is 0 Å². The Balaban J connectivity index is 0.766. The number of hydrogen-bond acceptors (Lipinski definition) is 2. The van der Waals surface area contributed by atoms with E-state index in [0.717, 1.165) is 58.7 Å². The zero-order chi connectivity index (χ0) is 45.1. The van der Waals surface area contributed by atoms with Crippen molar-refractivity contribution in [1.82, 2.24) is 0 Å². The first-order chi connectivity index (χ1) is 31.9. The summed E-state index contributed by atoms with van der Waals surface area (Å²) >= 11 is 0. The minimum absolute atomic E-state index is 0.578.